The number of aliphatic hydroxyl groups is 7. The van der Waals surface area contributed by atoms with Crippen LogP contribution in [0, 0.1) is 0 Å². The molecule has 0 spiro atoms. The maximum Gasteiger partial charge on any atom is 0.306 e. The Morgan fingerprint density at radius 3 is 1.17 bits per heavy atom. The Hall–Kier alpha value is -2.57. The van der Waals surface area contributed by atoms with Gasteiger partial charge < -0.3 is 64.2 Å². The monoisotopic (exact) mass is 1170 g/mol. The highest BCUT2D eigenvalue weighted by Crippen LogP contribution is 2.27. The zero-order chi connectivity index (χ0) is 60.1. The van der Waals surface area contributed by atoms with Crippen LogP contribution < -0.4 is 0 Å². The van der Waals surface area contributed by atoms with E-state index >= 15 is 0 Å². The molecule has 0 aromatic heterocycles. The highest BCUT2D eigenvalue weighted by atomic mass is 16.7. The molecule has 11 atom stereocenters. The van der Waals surface area contributed by atoms with Gasteiger partial charge in [0.25, 0.3) is 0 Å². The van der Waals surface area contributed by atoms with Gasteiger partial charge in [0.2, 0.25) is 0 Å². The van der Waals surface area contributed by atoms with Crippen LogP contribution in [0.3, 0.4) is 0 Å². The van der Waals surface area contributed by atoms with Crippen molar-refractivity contribution in [3.63, 3.8) is 0 Å². The predicted octanol–water partition coefficient (Wildman–Crippen LogP) is 13.8. The van der Waals surface area contributed by atoms with Gasteiger partial charge in [0.05, 0.1) is 26.4 Å². The van der Waals surface area contributed by atoms with E-state index < -0.39 is 80.7 Å². The van der Waals surface area contributed by atoms with Crippen LogP contribution in [0.4, 0.5) is 0 Å². The molecule has 0 aliphatic carbocycles. The third kappa shape index (κ3) is 40.5. The number of carbonyl (C=O) groups excluding carboxylic acids is 1. The summed E-state index contributed by atoms with van der Waals surface area (Å²) in [4.78, 5) is 13.1. The molecule has 0 aromatic carbocycles. The molecule has 2 saturated heterocycles. The number of rotatable bonds is 55. The van der Waals surface area contributed by atoms with Crippen molar-refractivity contribution in [2.75, 3.05) is 33.0 Å². The highest BCUT2D eigenvalue weighted by molar-refractivity contribution is 5.69. The second kappa shape index (κ2) is 54.8. The Labute approximate surface area is 504 Å². The van der Waals surface area contributed by atoms with Crippen LogP contribution in [0.1, 0.15) is 258 Å². The number of allylic oxidation sites excluding steroid dienone is 12. The van der Waals surface area contributed by atoms with E-state index in [4.69, 9.17) is 28.4 Å². The summed E-state index contributed by atoms with van der Waals surface area (Å²) in [5, 5.41) is 72.6. The van der Waals surface area contributed by atoms with Gasteiger partial charge in [0.1, 0.15) is 54.9 Å². The number of ether oxygens (including phenoxy) is 6. The smallest absolute Gasteiger partial charge is 0.306 e. The van der Waals surface area contributed by atoms with Crippen molar-refractivity contribution in [1.29, 1.82) is 0 Å². The van der Waals surface area contributed by atoms with Gasteiger partial charge in [-0.15, -0.1) is 0 Å². The van der Waals surface area contributed by atoms with Gasteiger partial charge in [0.15, 0.2) is 12.6 Å². The molecule has 11 unspecified atom stereocenters. The zero-order valence-electron chi connectivity index (χ0n) is 52.2. The fraction of sp³-hybridized carbons (Fsp3) is 0.812. The molecule has 2 aliphatic rings. The lowest BCUT2D eigenvalue weighted by molar-refractivity contribution is -0.332. The fourth-order valence-electron chi connectivity index (χ4n) is 10.3. The number of hydrogen-bond acceptors (Lipinski definition) is 14. The molecule has 2 heterocycles. The summed E-state index contributed by atoms with van der Waals surface area (Å²) in [7, 11) is 0. The third-order valence-electron chi connectivity index (χ3n) is 15.7. The van der Waals surface area contributed by atoms with Gasteiger partial charge >= 0.3 is 5.97 Å². The predicted molar refractivity (Wildman–Crippen MR) is 335 cm³/mol. The molecule has 14 heteroatoms. The maximum absolute atomic E-state index is 13.1. The molecule has 0 radical (unpaired) electrons. The van der Waals surface area contributed by atoms with Crippen molar-refractivity contribution < 1.29 is 69.0 Å². The van der Waals surface area contributed by atoms with Gasteiger partial charge in [0, 0.05) is 13.0 Å². The van der Waals surface area contributed by atoms with Crippen molar-refractivity contribution in [2.24, 2.45) is 0 Å². The lowest BCUT2D eigenvalue weighted by atomic mass is 9.98. The second-order valence-corrected chi connectivity index (χ2v) is 23.3. The summed E-state index contributed by atoms with van der Waals surface area (Å²) < 4.78 is 34.5. The Bertz CT molecular complexity index is 1650. The largest absolute Gasteiger partial charge is 0.457 e. The first kappa shape index (κ1) is 76.5. The number of unbranched alkanes of at least 4 members (excludes halogenated alkanes) is 29. The molecule has 0 amide bonds. The van der Waals surface area contributed by atoms with Gasteiger partial charge in [-0.3, -0.25) is 4.79 Å². The van der Waals surface area contributed by atoms with Crippen LogP contribution in [0.5, 0.6) is 0 Å². The van der Waals surface area contributed by atoms with E-state index in [0.29, 0.717) is 13.0 Å². The van der Waals surface area contributed by atoms with E-state index in [1.165, 1.54) is 161 Å². The highest BCUT2D eigenvalue weighted by Gasteiger charge is 2.47. The Morgan fingerprint density at radius 1 is 0.398 bits per heavy atom. The Morgan fingerprint density at radius 2 is 0.747 bits per heavy atom. The van der Waals surface area contributed by atoms with Crippen LogP contribution in [-0.2, 0) is 33.2 Å². The Kier molecular flexibility index (Phi) is 50.5. The van der Waals surface area contributed by atoms with E-state index in [1.807, 2.05) is 0 Å². The SMILES string of the molecule is CCCCCCC/C=C\C/C=C\C/C=C\CCCCCCCCCCCCCOCC(COC1OC(COC2OC(CO)C(O)C(O)C2O)C(O)C(O)C1O)OC(=O)CCCCCCCCCC/C=C\C/C=C\C/C=C\CCCCCCC. The third-order valence-corrected chi connectivity index (χ3v) is 15.7. The Balaban J connectivity index is 1.67. The molecule has 2 rings (SSSR count). The second-order valence-electron chi connectivity index (χ2n) is 23.3. The van der Waals surface area contributed by atoms with Crippen molar-refractivity contribution in [1.82, 2.24) is 0 Å². The van der Waals surface area contributed by atoms with Gasteiger partial charge in [-0.05, 0) is 89.9 Å². The molecule has 2 aliphatic heterocycles. The first-order chi connectivity index (χ1) is 40.6. The molecule has 482 valence electrons. The zero-order valence-corrected chi connectivity index (χ0v) is 52.2. The summed E-state index contributed by atoms with van der Waals surface area (Å²) in [6.07, 6.45) is 55.3. The molecule has 7 N–H and O–H groups in total. The van der Waals surface area contributed by atoms with E-state index in [9.17, 15) is 40.5 Å². The lowest BCUT2D eigenvalue weighted by Crippen LogP contribution is -2.61. The minimum atomic E-state index is -1.71. The quantitative estimate of drug-likeness (QED) is 0.0171. The van der Waals surface area contributed by atoms with E-state index in [-0.39, 0.29) is 25.6 Å². The minimum Gasteiger partial charge on any atom is -0.457 e. The summed E-state index contributed by atoms with van der Waals surface area (Å²) in [6.45, 7) is 3.68. The fourth-order valence-corrected chi connectivity index (χ4v) is 10.3. The average molecular weight is 1180 g/mol. The van der Waals surface area contributed by atoms with Crippen molar-refractivity contribution in [3.05, 3.63) is 72.9 Å². The van der Waals surface area contributed by atoms with Gasteiger partial charge in [-0.2, -0.15) is 0 Å². The van der Waals surface area contributed by atoms with Crippen LogP contribution >= 0.6 is 0 Å². The summed E-state index contributed by atoms with van der Waals surface area (Å²) in [6, 6.07) is 0. The van der Waals surface area contributed by atoms with Crippen molar-refractivity contribution >= 4 is 5.97 Å². The van der Waals surface area contributed by atoms with Crippen LogP contribution in [0.2, 0.25) is 0 Å². The number of aliphatic hydroxyl groups excluding tert-OH is 7. The van der Waals surface area contributed by atoms with E-state index in [1.54, 1.807) is 0 Å². The molecule has 83 heavy (non-hydrogen) atoms. The van der Waals surface area contributed by atoms with E-state index in [0.717, 1.165) is 70.6 Å². The molecular formula is C69H122O14. The summed E-state index contributed by atoms with van der Waals surface area (Å²) in [5.41, 5.74) is 0. The minimum absolute atomic E-state index is 0.0541. The number of carbonyl (C=O) groups is 1. The topological polar surface area (TPSA) is 214 Å². The molecule has 2 fully saturated rings. The number of esters is 1. The van der Waals surface area contributed by atoms with Crippen molar-refractivity contribution in [2.45, 2.75) is 325 Å². The summed E-state index contributed by atoms with van der Waals surface area (Å²) >= 11 is 0. The average Bonchev–Trinajstić information content (AvgIpc) is 3.69. The molecular weight excluding hydrogens is 1050 g/mol. The maximum atomic E-state index is 13.1. The van der Waals surface area contributed by atoms with E-state index in [2.05, 4.69) is 86.8 Å². The normalized spacial score (nSPS) is 23.9. The van der Waals surface area contributed by atoms with Crippen LogP contribution in [0.15, 0.2) is 72.9 Å². The van der Waals surface area contributed by atoms with Crippen molar-refractivity contribution in [3.8, 4) is 0 Å². The van der Waals surface area contributed by atoms with Crippen LogP contribution in [0.25, 0.3) is 0 Å². The number of hydrogen-bond donors (Lipinski definition) is 7. The lowest BCUT2D eigenvalue weighted by Gasteiger charge is -2.42. The molecule has 0 saturated carbocycles. The van der Waals surface area contributed by atoms with Gasteiger partial charge in [-0.25, -0.2) is 0 Å². The molecule has 0 bridgehead atoms. The first-order valence-corrected chi connectivity index (χ1v) is 33.5. The molecule has 0 aromatic rings. The summed E-state index contributed by atoms with van der Waals surface area (Å²) in [5.74, 6) is -0.383. The first-order valence-electron chi connectivity index (χ1n) is 33.5. The standard InChI is InChI=1S/C69H122O14/c1-3-5-7-9-11-13-15-17-19-21-23-25-27-28-29-31-33-35-37-39-41-43-45-47-49-51-53-78-55-58(56-79-68-67(77)65(75)63(73)60(83-68)57-80-69-66(76)64(74)62(72)59(54-70)82-69)81-61(71)52-50-48-46-44-42-40-38-36-34-32-30-26-24-22-20-18-16-14-12-10-8-6-4-2/h15-18,21-24,27-28,30,32,58-60,62-70,72-77H,3-14,19-20,25-26,29,31,33-57H2,1-2H3/b17-15-,18-16-,23-21-,24-22-,28-27-,32-30-. The van der Waals surface area contributed by atoms with Crippen LogP contribution in [-0.4, -0.2) is 142 Å². The molecule has 14 nitrogen and oxygen atoms in total. The van der Waals surface area contributed by atoms with Gasteiger partial charge in [-0.1, -0.05) is 234 Å².